The summed E-state index contributed by atoms with van der Waals surface area (Å²) in [6.45, 7) is 0. The maximum absolute atomic E-state index is 13.7. The average molecular weight is 227 g/mol. The lowest BCUT2D eigenvalue weighted by molar-refractivity contribution is -0.121. The van der Waals surface area contributed by atoms with E-state index < -0.39 is 5.82 Å². The Balaban J connectivity index is 2.35. The first-order valence-corrected chi connectivity index (χ1v) is 5.54. The van der Waals surface area contributed by atoms with Gasteiger partial charge in [0, 0.05) is 12.3 Å². The molecule has 0 N–H and O–H groups in total. The predicted molar refractivity (Wildman–Crippen MR) is 57.6 cm³/mol. The van der Waals surface area contributed by atoms with Crippen molar-refractivity contribution in [2.75, 3.05) is 0 Å². The molecule has 1 aromatic carbocycles. The van der Waals surface area contributed by atoms with Gasteiger partial charge in [-0.3, -0.25) is 4.79 Å². The molecular formula is C12H12ClFO. The lowest BCUT2D eigenvalue weighted by atomic mass is 9.83. The van der Waals surface area contributed by atoms with E-state index in [4.69, 9.17) is 11.6 Å². The van der Waals surface area contributed by atoms with Gasteiger partial charge in [0.1, 0.15) is 11.6 Å². The zero-order valence-electron chi connectivity index (χ0n) is 8.30. The maximum Gasteiger partial charge on any atom is 0.145 e. The first-order valence-electron chi connectivity index (χ1n) is 5.17. The van der Waals surface area contributed by atoms with Crippen LogP contribution in [-0.2, 0) is 4.79 Å². The van der Waals surface area contributed by atoms with Gasteiger partial charge >= 0.3 is 0 Å². The second kappa shape index (κ2) is 4.31. The lowest BCUT2D eigenvalue weighted by Gasteiger charge is -2.21. The van der Waals surface area contributed by atoms with Crippen molar-refractivity contribution in [1.82, 2.24) is 0 Å². The number of hydrogen-bond donors (Lipinski definition) is 0. The van der Waals surface area contributed by atoms with Crippen LogP contribution in [0, 0.1) is 5.82 Å². The van der Waals surface area contributed by atoms with Crippen LogP contribution >= 0.6 is 11.6 Å². The fraction of sp³-hybridized carbons (Fsp3) is 0.417. The number of rotatable bonds is 1. The van der Waals surface area contributed by atoms with Crippen molar-refractivity contribution in [1.29, 1.82) is 0 Å². The number of hydrogen-bond acceptors (Lipinski definition) is 1. The van der Waals surface area contributed by atoms with Crippen LogP contribution in [0.15, 0.2) is 18.2 Å². The standard InChI is InChI=1S/C12H12ClFO/c13-10-6-3-5-9(12(10)14)8-4-1-2-7-11(8)15/h3,5-6,8H,1-2,4,7H2. The van der Waals surface area contributed by atoms with Crippen molar-refractivity contribution in [3.63, 3.8) is 0 Å². The number of ketones is 1. The number of carbonyl (C=O) groups is 1. The van der Waals surface area contributed by atoms with Crippen LogP contribution in [0.2, 0.25) is 5.02 Å². The largest absolute Gasteiger partial charge is 0.299 e. The fourth-order valence-electron chi connectivity index (χ4n) is 2.10. The zero-order chi connectivity index (χ0) is 10.8. The summed E-state index contributed by atoms with van der Waals surface area (Å²) < 4.78 is 13.7. The van der Waals surface area contributed by atoms with E-state index in [9.17, 15) is 9.18 Å². The fourth-order valence-corrected chi connectivity index (χ4v) is 2.28. The number of Topliss-reactive ketones (excluding diaryl/α,β-unsaturated/α-hetero) is 1. The number of halogens is 2. The Kier molecular flexibility index (Phi) is 3.06. The van der Waals surface area contributed by atoms with Gasteiger partial charge in [-0.2, -0.15) is 0 Å². The summed E-state index contributed by atoms with van der Waals surface area (Å²) in [6, 6.07) is 4.87. The molecule has 1 unspecified atom stereocenters. The summed E-state index contributed by atoms with van der Waals surface area (Å²) >= 11 is 5.69. The quantitative estimate of drug-likeness (QED) is 0.714. The lowest BCUT2D eigenvalue weighted by Crippen LogP contribution is -2.18. The smallest absolute Gasteiger partial charge is 0.145 e. The summed E-state index contributed by atoms with van der Waals surface area (Å²) in [4.78, 5) is 11.6. The van der Waals surface area contributed by atoms with Gasteiger partial charge in [-0.05, 0) is 24.5 Å². The molecule has 1 atom stereocenters. The minimum Gasteiger partial charge on any atom is -0.299 e. The van der Waals surface area contributed by atoms with Crippen LogP contribution < -0.4 is 0 Å². The topological polar surface area (TPSA) is 17.1 Å². The van der Waals surface area contributed by atoms with E-state index >= 15 is 0 Å². The number of carbonyl (C=O) groups excluding carboxylic acids is 1. The van der Waals surface area contributed by atoms with Gasteiger partial charge in [0.15, 0.2) is 0 Å². The molecule has 1 aliphatic rings. The third-order valence-corrected chi connectivity index (χ3v) is 3.20. The minimum absolute atomic E-state index is 0.103. The van der Waals surface area contributed by atoms with Crippen molar-refractivity contribution >= 4 is 17.4 Å². The van der Waals surface area contributed by atoms with Gasteiger partial charge in [0.25, 0.3) is 0 Å². The van der Waals surface area contributed by atoms with Crippen molar-refractivity contribution in [3.05, 3.63) is 34.6 Å². The van der Waals surface area contributed by atoms with Crippen molar-refractivity contribution in [3.8, 4) is 0 Å². The van der Waals surface area contributed by atoms with Crippen LogP contribution in [0.3, 0.4) is 0 Å². The highest BCUT2D eigenvalue weighted by Crippen LogP contribution is 2.33. The zero-order valence-corrected chi connectivity index (χ0v) is 9.06. The minimum atomic E-state index is -0.431. The van der Waals surface area contributed by atoms with Crippen molar-refractivity contribution in [2.24, 2.45) is 0 Å². The van der Waals surface area contributed by atoms with E-state index in [0.717, 1.165) is 19.3 Å². The molecule has 0 aromatic heterocycles. The monoisotopic (exact) mass is 226 g/mol. The Hall–Kier alpha value is -0.890. The predicted octanol–water partition coefficient (Wildman–Crippen LogP) is 3.71. The summed E-state index contributed by atoms with van der Waals surface area (Å²) in [6.07, 6.45) is 3.23. The highest BCUT2D eigenvalue weighted by molar-refractivity contribution is 6.30. The van der Waals surface area contributed by atoms with Gasteiger partial charge < -0.3 is 0 Å². The van der Waals surface area contributed by atoms with Crippen molar-refractivity contribution in [2.45, 2.75) is 31.6 Å². The summed E-state index contributed by atoms with van der Waals surface area (Å²) in [5.41, 5.74) is 0.465. The van der Waals surface area contributed by atoms with Crippen LogP contribution in [0.25, 0.3) is 0 Å². The Labute approximate surface area is 93.2 Å². The molecule has 0 amide bonds. The maximum atomic E-state index is 13.7. The molecule has 1 aromatic rings. The molecule has 1 fully saturated rings. The molecule has 0 aliphatic heterocycles. The first kappa shape index (κ1) is 10.6. The molecule has 0 radical (unpaired) electrons. The van der Waals surface area contributed by atoms with Crippen LogP contribution in [-0.4, -0.2) is 5.78 Å². The molecule has 1 saturated carbocycles. The molecule has 80 valence electrons. The van der Waals surface area contributed by atoms with Crippen molar-refractivity contribution < 1.29 is 9.18 Å². The molecule has 1 nitrogen and oxygen atoms in total. The molecule has 2 rings (SSSR count). The van der Waals surface area contributed by atoms with Crippen LogP contribution in [0.1, 0.15) is 37.2 Å². The molecule has 15 heavy (non-hydrogen) atoms. The van der Waals surface area contributed by atoms with Gasteiger partial charge in [-0.25, -0.2) is 4.39 Å². The Bertz CT molecular complexity index is 389. The van der Waals surface area contributed by atoms with E-state index in [1.165, 1.54) is 6.07 Å². The second-order valence-electron chi connectivity index (χ2n) is 3.91. The summed E-state index contributed by atoms with van der Waals surface area (Å²) in [7, 11) is 0. The highest BCUT2D eigenvalue weighted by atomic mass is 35.5. The van der Waals surface area contributed by atoms with Gasteiger partial charge in [-0.1, -0.05) is 30.2 Å². The molecule has 3 heteroatoms. The summed E-state index contributed by atoms with van der Waals surface area (Å²) in [5, 5.41) is 0.103. The number of benzene rings is 1. The third kappa shape index (κ3) is 2.05. The van der Waals surface area contributed by atoms with E-state index in [1.807, 2.05) is 0 Å². The Morgan fingerprint density at radius 3 is 2.87 bits per heavy atom. The second-order valence-corrected chi connectivity index (χ2v) is 4.31. The Morgan fingerprint density at radius 2 is 2.13 bits per heavy atom. The van der Waals surface area contributed by atoms with Gasteiger partial charge in [0.2, 0.25) is 0 Å². The molecule has 0 heterocycles. The van der Waals surface area contributed by atoms with E-state index in [1.54, 1.807) is 12.1 Å². The van der Waals surface area contributed by atoms with Gasteiger partial charge in [0.05, 0.1) is 5.02 Å². The molecule has 0 bridgehead atoms. The molecule has 1 aliphatic carbocycles. The van der Waals surface area contributed by atoms with Gasteiger partial charge in [-0.15, -0.1) is 0 Å². The molecular weight excluding hydrogens is 215 g/mol. The highest BCUT2D eigenvalue weighted by Gasteiger charge is 2.26. The van der Waals surface area contributed by atoms with E-state index in [-0.39, 0.29) is 16.7 Å². The molecule has 0 saturated heterocycles. The normalized spacial score (nSPS) is 21.7. The summed E-state index contributed by atoms with van der Waals surface area (Å²) in [5.74, 6) is -0.570. The molecule has 0 spiro atoms. The SMILES string of the molecule is O=C1CCCCC1c1cccc(Cl)c1F. The first-order chi connectivity index (χ1) is 7.20. The average Bonchev–Trinajstić information content (AvgIpc) is 2.23. The third-order valence-electron chi connectivity index (χ3n) is 2.91. The van der Waals surface area contributed by atoms with E-state index in [0.29, 0.717) is 12.0 Å². The van der Waals surface area contributed by atoms with E-state index in [2.05, 4.69) is 0 Å². The Morgan fingerprint density at radius 1 is 1.33 bits per heavy atom. The van der Waals surface area contributed by atoms with Crippen LogP contribution in [0.4, 0.5) is 4.39 Å². The van der Waals surface area contributed by atoms with Crippen LogP contribution in [0.5, 0.6) is 0 Å².